The van der Waals surface area contributed by atoms with Crippen molar-refractivity contribution >= 4 is 22.8 Å². The lowest BCUT2D eigenvalue weighted by Gasteiger charge is -2.08. The molecule has 5 heteroatoms. The molecule has 0 aliphatic carbocycles. The first kappa shape index (κ1) is 11.4. The van der Waals surface area contributed by atoms with E-state index in [9.17, 15) is 8.94 Å². The summed E-state index contributed by atoms with van der Waals surface area (Å²) in [4.78, 5) is 4.26. The van der Waals surface area contributed by atoms with Crippen molar-refractivity contribution in [3.63, 3.8) is 0 Å². The molecule has 1 aromatic heterocycles. The van der Waals surface area contributed by atoms with Crippen LogP contribution in [0.5, 0.6) is 0 Å². The van der Waals surface area contributed by atoms with Gasteiger partial charge in [0.05, 0.1) is 11.2 Å². The molecule has 0 bridgehead atoms. The maximum atomic E-state index is 13.4. The van der Waals surface area contributed by atoms with E-state index in [2.05, 4.69) is 4.98 Å². The molecule has 2 nitrogen and oxygen atoms in total. The van der Waals surface area contributed by atoms with Crippen molar-refractivity contribution in [3.05, 3.63) is 53.4 Å². The fraction of sp³-hybridized carbons (Fsp3) is 0. The summed E-state index contributed by atoms with van der Waals surface area (Å²) in [6, 6.07) is 9.69. The van der Waals surface area contributed by atoms with E-state index in [-0.39, 0.29) is 10.0 Å². The van der Waals surface area contributed by atoms with Gasteiger partial charge in [0.1, 0.15) is 0 Å². The van der Waals surface area contributed by atoms with Crippen molar-refractivity contribution in [1.82, 2.24) is 4.98 Å². The predicted molar refractivity (Wildman–Crippen MR) is 60.3 cm³/mol. The first-order valence-electron chi connectivity index (χ1n) is 4.46. The Morgan fingerprint density at radius 1 is 1.25 bits per heavy atom. The second-order valence-electron chi connectivity index (χ2n) is 3.02. The third-order valence-corrected chi connectivity index (χ3v) is 3.47. The van der Waals surface area contributed by atoms with E-state index in [4.69, 9.17) is 11.6 Å². The quantitative estimate of drug-likeness (QED) is 0.774. The van der Waals surface area contributed by atoms with Crippen LogP contribution in [0.4, 0.5) is 4.39 Å². The van der Waals surface area contributed by atoms with Gasteiger partial charge in [-0.15, -0.1) is 0 Å². The van der Waals surface area contributed by atoms with Crippen LogP contribution < -0.4 is 0 Å². The summed E-state index contributed by atoms with van der Waals surface area (Å²) in [5.41, 5.74) is 0. The second-order valence-corrected chi connectivity index (χ2v) is 4.85. The zero-order valence-corrected chi connectivity index (χ0v) is 9.63. The van der Waals surface area contributed by atoms with Crippen LogP contribution in [0, 0.1) is 5.82 Å². The van der Waals surface area contributed by atoms with Crippen LogP contribution in [0.2, 0.25) is 5.02 Å². The summed E-state index contributed by atoms with van der Waals surface area (Å²) in [5.74, 6) is -0.658. The maximum Gasteiger partial charge on any atom is 0.286 e. The Hall–Kier alpha value is -1.10. The van der Waals surface area contributed by atoms with Crippen molar-refractivity contribution in [1.29, 1.82) is 0 Å². The molecule has 0 aliphatic heterocycles. The van der Waals surface area contributed by atoms with Crippen LogP contribution in [0.15, 0.2) is 52.5 Å². The second kappa shape index (κ2) is 4.82. The predicted octanol–water partition coefficient (Wildman–Crippen LogP) is 3.04. The van der Waals surface area contributed by atoms with Crippen molar-refractivity contribution in [2.75, 3.05) is 0 Å². The lowest BCUT2D eigenvalue weighted by atomic mass is 10.4. The number of aromatic nitrogens is 1. The molecule has 1 heterocycles. The average molecular weight is 256 g/mol. The highest BCUT2D eigenvalue weighted by atomic mass is 35.5. The van der Waals surface area contributed by atoms with Gasteiger partial charge >= 0.3 is 0 Å². The van der Waals surface area contributed by atoms with Crippen LogP contribution in [0.3, 0.4) is 0 Å². The Balaban J connectivity index is 2.38. The Morgan fingerprint density at radius 3 is 2.56 bits per heavy atom. The fourth-order valence-electron chi connectivity index (χ4n) is 1.19. The Labute approximate surface area is 100 Å². The summed E-state index contributed by atoms with van der Waals surface area (Å²) < 4.78 is 25.4. The van der Waals surface area contributed by atoms with Crippen LogP contribution in [-0.4, -0.2) is 9.54 Å². The standard InChI is InChI=1S/C11H7ClFNOS/c12-8-6-10(13)11(14-7-8)16(15)9-4-2-1-3-5-9/h1-7H. The third kappa shape index (κ3) is 2.35. The van der Waals surface area contributed by atoms with Gasteiger partial charge in [-0.1, -0.05) is 29.8 Å². The molecule has 1 atom stereocenters. The lowest BCUT2D eigenvalue weighted by molar-refractivity contribution is 0.553. The molecular formula is C11H7ClFNOS. The Morgan fingerprint density at radius 2 is 1.94 bits per heavy atom. The number of nitrogens with zero attached hydrogens (tertiary/aromatic N) is 1. The van der Waals surface area contributed by atoms with E-state index in [1.165, 1.54) is 6.20 Å². The molecular weight excluding hydrogens is 249 g/mol. The van der Waals surface area contributed by atoms with Gasteiger partial charge in [0, 0.05) is 17.2 Å². The monoisotopic (exact) mass is 255 g/mol. The zero-order chi connectivity index (χ0) is 11.5. The molecule has 0 saturated heterocycles. The number of rotatable bonds is 2. The van der Waals surface area contributed by atoms with Crippen LogP contribution in [0.25, 0.3) is 0 Å². The highest BCUT2D eigenvalue weighted by Crippen LogP contribution is 2.22. The van der Waals surface area contributed by atoms with E-state index in [0.717, 1.165) is 6.07 Å². The molecule has 1 aromatic carbocycles. The Kier molecular flexibility index (Phi) is 3.43. The molecule has 16 heavy (non-hydrogen) atoms. The van der Waals surface area contributed by atoms with Crippen molar-refractivity contribution in [2.24, 2.45) is 0 Å². The Bertz CT molecular complexity index is 495. The summed E-state index contributed by atoms with van der Waals surface area (Å²) >= 11 is 3.95. The summed E-state index contributed by atoms with van der Waals surface area (Å²) in [6.07, 6.45) is 1.28. The topological polar surface area (TPSA) is 36.0 Å². The van der Waals surface area contributed by atoms with Crippen LogP contribution in [0.1, 0.15) is 0 Å². The van der Waals surface area contributed by atoms with Gasteiger partial charge < -0.3 is 4.55 Å². The summed E-state index contributed by atoms with van der Waals surface area (Å²) in [7, 11) is 0. The molecule has 0 spiro atoms. The first-order valence-corrected chi connectivity index (χ1v) is 5.99. The number of halogens is 2. The highest BCUT2D eigenvalue weighted by molar-refractivity contribution is 7.91. The van der Waals surface area contributed by atoms with Gasteiger partial charge in [0.2, 0.25) is 0 Å². The van der Waals surface area contributed by atoms with Gasteiger partial charge in [-0.25, -0.2) is 4.98 Å². The minimum absolute atomic E-state index is 0.101. The number of pyridine rings is 1. The first-order chi connectivity index (χ1) is 7.68. The number of benzene rings is 1. The number of hydrogen-bond donors (Lipinski definition) is 0. The maximum absolute atomic E-state index is 13.4. The fourth-order valence-corrected chi connectivity index (χ4v) is 2.35. The molecule has 0 saturated carbocycles. The van der Waals surface area contributed by atoms with E-state index in [0.29, 0.717) is 4.90 Å². The van der Waals surface area contributed by atoms with Gasteiger partial charge in [0.25, 0.3) is 5.03 Å². The molecule has 82 valence electrons. The minimum atomic E-state index is -1.61. The van der Waals surface area contributed by atoms with Crippen LogP contribution >= 0.6 is 11.6 Å². The molecule has 0 aliphatic rings. The van der Waals surface area contributed by atoms with Gasteiger partial charge in [-0.2, -0.15) is 4.39 Å². The smallest absolute Gasteiger partial charge is 0.286 e. The zero-order valence-electron chi connectivity index (χ0n) is 8.06. The molecule has 0 N–H and O–H groups in total. The molecule has 1 unspecified atom stereocenters. The molecule has 0 amide bonds. The number of hydrogen-bond acceptors (Lipinski definition) is 2. The van der Waals surface area contributed by atoms with E-state index >= 15 is 0 Å². The van der Waals surface area contributed by atoms with Crippen molar-refractivity contribution in [2.45, 2.75) is 9.92 Å². The molecule has 2 rings (SSSR count). The third-order valence-electron chi connectivity index (χ3n) is 1.91. The van der Waals surface area contributed by atoms with Gasteiger partial charge in [-0.3, -0.25) is 0 Å². The van der Waals surface area contributed by atoms with Crippen molar-refractivity contribution in [3.8, 4) is 0 Å². The van der Waals surface area contributed by atoms with Gasteiger partial charge in [-0.05, 0) is 12.1 Å². The molecule has 2 aromatic rings. The normalized spacial score (nSPS) is 12.4. The SMILES string of the molecule is [O-][S+](c1ccccc1)c1ncc(Cl)cc1F. The van der Waals surface area contributed by atoms with E-state index in [1.807, 2.05) is 0 Å². The average Bonchev–Trinajstić information content (AvgIpc) is 2.29. The summed E-state index contributed by atoms with van der Waals surface area (Å²) in [6.45, 7) is 0. The van der Waals surface area contributed by atoms with Crippen molar-refractivity contribution < 1.29 is 8.94 Å². The minimum Gasteiger partial charge on any atom is -0.605 e. The van der Waals surface area contributed by atoms with E-state index in [1.54, 1.807) is 30.3 Å². The lowest BCUT2D eigenvalue weighted by Crippen LogP contribution is -2.07. The largest absolute Gasteiger partial charge is 0.605 e. The summed E-state index contributed by atoms with van der Waals surface area (Å²) in [5, 5.41) is 0.0851. The van der Waals surface area contributed by atoms with E-state index < -0.39 is 17.0 Å². The highest BCUT2D eigenvalue weighted by Gasteiger charge is 2.21. The van der Waals surface area contributed by atoms with Crippen LogP contribution in [-0.2, 0) is 11.2 Å². The molecule has 0 fully saturated rings. The van der Waals surface area contributed by atoms with Gasteiger partial charge in [0.15, 0.2) is 10.7 Å². The molecule has 0 radical (unpaired) electrons.